The van der Waals surface area contributed by atoms with E-state index in [4.69, 9.17) is 5.73 Å². The van der Waals surface area contributed by atoms with E-state index in [0.717, 1.165) is 0 Å². The van der Waals surface area contributed by atoms with Crippen LogP contribution in [0.4, 0.5) is 0 Å². The SMILES string of the molecule is C[C@H](N)[C@H](C)CC(=O)N(C)C. The van der Waals surface area contributed by atoms with E-state index in [9.17, 15) is 4.79 Å². The van der Waals surface area contributed by atoms with Gasteiger partial charge in [-0.15, -0.1) is 0 Å². The average molecular weight is 158 g/mol. The van der Waals surface area contributed by atoms with Gasteiger partial charge in [0, 0.05) is 26.6 Å². The zero-order valence-electron chi connectivity index (χ0n) is 7.79. The molecule has 0 aromatic heterocycles. The summed E-state index contributed by atoms with van der Waals surface area (Å²) in [5.74, 6) is 0.416. The van der Waals surface area contributed by atoms with Crippen molar-refractivity contribution in [3.05, 3.63) is 0 Å². The molecule has 11 heavy (non-hydrogen) atoms. The molecular formula is C8H18N2O. The molecule has 0 rings (SSSR count). The second-order valence-electron chi connectivity index (χ2n) is 3.33. The van der Waals surface area contributed by atoms with Gasteiger partial charge in [-0.1, -0.05) is 6.92 Å². The first-order valence-electron chi connectivity index (χ1n) is 3.91. The van der Waals surface area contributed by atoms with Crippen LogP contribution in [0.1, 0.15) is 20.3 Å². The topological polar surface area (TPSA) is 46.3 Å². The summed E-state index contributed by atoms with van der Waals surface area (Å²) in [4.78, 5) is 12.7. The maximum Gasteiger partial charge on any atom is 0.222 e. The summed E-state index contributed by atoms with van der Waals surface area (Å²) in [5.41, 5.74) is 5.61. The van der Waals surface area contributed by atoms with Crippen LogP contribution in [0.3, 0.4) is 0 Å². The van der Waals surface area contributed by atoms with Crippen molar-refractivity contribution in [3.63, 3.8) is 0 Å². The maximum absolute atomic E-state index is 11.1. The predicted octanol–water partition coefficient (Wildman–Crippen LogP) is 0.448. The molecule has 0 aliphatic carbocycles. The fourth-order valence-corrected chi connectivity index (χ4v) is 0.644. The molecule has 0 aliphatic rings. The number of rotatable bonds is 3. The Morgan fingerprint density at radius 3 is 2.18 bits per heavy atom. The van der Waals surface area contributed by atoms with Gasteiger partial charge in [-0.25, -0.2) is 0 Å². The van der Waals surface area contributed by atoms with Gasteiger partial charge in [-0.2, -0.15) is 0 Å². The largest absolute Gasteiger partial charge is 0.349 e. The third-order valence-electron chi connectivity index (χ3n) is 1.89. The van der Waals surface area contributed by atoms with Gasteiger partial charge in [0.2, 0.25) is 5.91 Å². The molecule has 0 bridgehead atoms. The Labute approximate surface area is 68.6 Å². The lowest BCUT2D eigenvalue weighted by Crippen LogP contribution is -2.30. The van der Waals surface area contributed by atoms with Crippen molar-refractivity contribution in [2.24, 2.45) is 11.7 Å². The van der Waals surface area contributed by atoms with Gasteiger partial charge in [0.1, 0.15) is 0 Å². The van der Waals surface area contributed by atoms with E-state index in [2.05, 4.69) is 0 Å². The number of hydrogen-bond donors (Lipinski definition) is 1. The third kappa shape index (κ3) is 3.98. The molecule has 0 fully saturated rings. The van der Waals surface area contributed by atoms with Gasteiger partial charge in [-0.3, -0.25) is 4.79 Å². The summed E-state index contributed by atoms with van der Waals surface area (Å²) in [6, 6.07) is 0.0962. The Bertz CT molecular complexity index is 132. The summed E-state index contributed by atoms with van der Waals surface area (Å²) in [5, 5.41) is 0. The molecule has 2 atom stereocenters. The van der Waals surface area contributed by atoms with Gasteiger partial charge < -0.3 is 10.6 Å². The van der Waals surface area contributed by atoms with E-state index in [1.165, 1.54) is 0 Å². The molecule has 2 N–H and O–H groups in total. The van der Waals surface area contributed by atoms with Crippen molar-refractivity contribution >= 4 is 5.91 Å². The summed E-state index contributed by atoms with van der Waals surface area (Å²) in [6.07, 6.45) is 0.546. The highest BCUT2D eigenvalue weighted by Crippen LogP contribution is 2.06. The zero-order valence-corrected chi connectivity index (χ0v) is 7.79. The first kappa shape index (κ1) is 10.4. The molecule has 66 valence electrons. The molecule has 0 radical (unpaired) electrons. The molecular weight excluding hydrogens is 140 g/mol. The van der Waals surface area contributed by atoms with Crippen molar-refractivity contribution in [3.8, 4) is 0 Å². The second-order valence-corrected chi connectivity index (χ2v) is 3.33. The maximum atomic E-state index is 11.1. The minimum absolute atomic E-state index is 0.0962. The minimum Gasteiger partial charge on any atom is -0.349 e. The number of amides is 1. The molecule has 0 aromatic carbocycles. The van der Waals surface area contributed by atoms with Gasteiger partial charge >= 0.3 is 0 Å². The minimum atomic E-state index is 0.0962. The summed E-state index contributed by atoms with van der Waals surface area (Å²) in [6.45, 7) is 3.92. The number of carbonyl (C=O) groups is 1. The lowest BCUT2D eigenvalue weighted by molar-refractivity contribution is -0.129. The van der Waals surface area contributed by atoms with Gasteiger partial charge in [0.25, 0.3) is 0 Å². The molecule has 3 heteroatoms. The van der Waals surface area contributed by atoms with Crippen LogP contribution in [0.5, 0.6) is 0 Å². The monoisotopic (exact) mass is 158 g/mol. The Kier molecular flexibility index (Phi) is 4.11. The second kappa shape index (κ2) is 4.34. The third-order valence-corrected chi connectivity index (χ3v) is 1.89. The van der Waals surface area contributed by atoms with Crippen LogP contribution in [-0.2, 0) is 4.79 Å². The van der Waals surface area contributed by atoms with E-state index in [1.807, 2.05) is 13.8 Å². The number of nitrogens with two attached hydrogens (primary N) is 1. The Balaban J connectivity index is 3.76. The van der Waals surface area contributed by atoms with E-state index >= 15 is 0 Å². The van der Waals surface area contributed by atoms with Gasteiger partial charge in [0.15, 0.2) is 0 Å². The Hall–Kier alpha value is -0.570. The van der Waals surface area contributed by atoms with Crippen molar-refractivity contribution in [2.75, 3.05) is 14.1 Å². The molecule has 0 aromatic rings. The number of hydrogen-bond acceptors (Lipinski definition) is 2. The molecule has 0 saturated carbocycles. The van der Waals surface area contributed by atoms with E-state index < -0.39 is 0 Å². The van der Waals surface area contributed by atoms with Crippen LogP contribution >= 0.6 is 0 Å². The molecule has 1 amide bonds. The van der Waals surface area contributed by atoms with E-state index in [1.54, 1.807) is 19.0 Å². The van der Waals surface area contributed by atoms with Crippen LogP contribution in [-0.4, -0.2) is 30.9 Å². The van der Waals surface area contributed by atoms with Crippen LogP contribution in [0.25, 0.3) is 0 Å². The molecule has 0 unspecified atom stereocenters. The van der Waals surface area contributed by atoms with Crippen LogP contribution in [0, 0.1) is 5.92 Å². The molecule has 3 nitrogen and oxygen atoms in total. The lowest BCUT2D eigenvalue weighted by atomic mass is 10.0. The zero-order chi connectivity index (χ0) is 9.02. The van der Waals surface area contributed by atoms with Crippen LogP contribution < -0.4 is 5.73 Å². The predicted molar refractivity (Wildman–Crippen MR) is 46.1 cm³/mol. The van der Waals surface area contributed by atoms with Crippen molar-refractivity contribution < 1.29 is 4.79 Å². The lowest BCUT2D eigenvalue weighted by Gasteiger charge is -2.17. The Morgan fingerprint density at radius 2 is 1.91 bits per heavy atom. The van der Waals surface area contributed by atoms with Crippen LogP contribution in [0.2, 0.25) is 0 Å². The highest BCUT2D eigenvalue weighted by atomic mass is 16.2. The number of nitrogens with zero attached hydrogens (tertiary/aromatic N) is 1. The van der Waals surface area contributed by atoms with Crippen LogP contribution in [0.15, 0.2) is 0 Å². The molecule has 0 saturated heterocycles. The fraction of sp³-hybridized carbons (Fsp3) is 0.875. The van der Waals surface area contributed by atoms with Crippen molar-refractivity contribution in [1.29, 1.82) is 0 Å². The Morgan fingerprint density at radius 1 is 1.45 bits per heavy atom. The standard InChI is InChI=1S/C8H18N2O/c1-6(7(2)9)5-8(11)10(3)4/h6-7H,5,9H2,1-4H3/t6-,7+/m1/s1. The summed E-state index contributed by atoms with van der Waals surface area (Å²) < 4.78 is 0. The first-order valence-corrected chi connectivity index (χ1v) is 3.91. The highest BCUT2D eigenvalue weighted by molar-refractivity contribution is 5.75. The summed E-state index contributed by atoms with van der Waals surface area (Å²) >= 11 is 0. The van der Waals surface area contributed by atoms with Gasteiger partial charge in [0.05, 0.1) is 0 Å². The summed E-state index contributed by atoms with van der Waals surface area (Å²) in [7, 11) is 3.52. The normalized spacial score (nSPS) is 15.7. The van der Waals surface area contributed by atoms with Crippen molar-refractivity contribution in [2.45, 2.75) is 26.3 Å². The van der Waals surface area contributed by atoms with Gasteiger partial charge in [-0.05, 0) is 12.8 Å². The smallest absolute Gasteiger partial charge is 0.222 e. The highest BCUT2D eigenvalue weighted by Gasteiger charge is 2.13. The first-order chi connectivity index (χ1) is 4.95. The quantitative estimate of drug-likeness (QED) is 0.648. The van der Waals surface area contributed by atoms with E-state index in [0.29, 0.717) is 6.42 Å². The fourth-order valence-electron chi connectivity index (χ4n) is 0.644. The van der Waals surface area contributed by atoms with E-state index in [-0.39, 0.29) is 17.9 Å². The molecule has 0 heterocycles. The molecule has 0 spiro atoms. The molecule has 0 aliphatic heterocycles. The van der Waals surface area contributed by atoms with Crippen molar-refractivity contribution in [1.82, 2.24) is 4.90 Å². The average Bonchev–Trinajstić information content (AvgIpc) is 1.87. The number of carbonyl (C=O) groups excluding carboxylic acids is 1.